The minimum absolute atomic E-state index is 0.147. The van der Waals surface area contributed by atoms with Gasteiger partial charge in [0.1, 0.15) is 5.60 Å². The van der Waals surface area contributed by atoms with Gasteiger partial charge in [0.25, 0.3) is 0 Å². The molecule has 0 unspecified atom stereocenters. The van der Waals surface area contributed by atoms with Crippen molar-refractivity contribution < 1.29 is 14.7 Å². The molecule has 150 valence electrons. The minimum atomic E-state index is -0.546. The van der Waals surface area contributed by atoms with Gasteiger partial charge in [-0.2, -0.15) is 5.06 Å². The Balaban J connectivity index is 1.87. The summed E-state index contributed by atoms with van der Waals surface area (Å²) in [7, 11) is 0. The van der Waals surface area contributed by atoms with E-state index in [0.29, 0.717) is 13.1 Å². The summed E-state index contributed by atoms with van der Waals surface area (Å²) in [4.78, 5) is 14.6. The van der Waals surface area contributed by atoms with E-state index >= 15 is 0 Å². The van der Waals surface area contributed by atoms with Gasteiger partial charge in [-0.3, -0.25) is 0 Å². The molecule has 2 aromatic carbocycles. The standard InChI is InChI=1S/C23H30N2O3/c1-23(2,3)28-22(26)24-16-10-15-20(24)21(19-13-8-5-9-14-19)25(27)17-18-11-6-4-7-12-18/h4-9,11-14,20-21,27H,10,15-17H2,1-3H3/t20-,21+/m1/s1. The quantitative estimate of drug-likeness (QED) is 0.738. The Hall–Kier alpha value is -2.37. The van der Waals surface area contributed by atoms with E-state index in [0.717, 1.165) is 24.0 Å². The van der Waals surface area contributed by atoms with Crippen LogP contribution in [0.1, 0.15) is 50.8 Å². The predicted octanol–water partition coefficient (Wildman–Crippen LogP) is 5.02. The van der Waals surface area contributed by atoms with Crippen molar-refractivity contribution in [3.8, 4) is 0 Å². The molecule has 0 saturated carbocycles. The first-order valence-corrected chi connectivity index (χ1v) is 9.89. The fourth-order valence-electron chi connectivity index (χ4n) is 3.78. The second kappa shape index (κ2) is 8.76. The smallest absolute Gasteiger partial charge is 0.410 e. The SMILES string of the molecule is CC(C)(C)OC(=O)N1CCC[C@@H]1[C@H](c1ccccc1)N(O)Cc1ccccc1. The van der Waals surface area contributed by atoms with Crippen LogP contribution in [0.15, 0.2) is 60.7 Å². The van der Waals surface area contributed by atoms with Crippen molar-refractivity contribution in [2.45, 2.75) is 57.8 Å². The Kier molecular flexibility index (Phi) is 6.37. The summed E-state index contributed by atoms with van der Waals surface area (Å²) in [5.74, 6) is 0. The van der Waals surface area contributed by atoms with Crippen LogP contribution in [0.5, 0.6) is 0 Å². The number of nitrogens with zero attached hydrogens (tertiary/aromatic N) is 2. The Bertz CT molecular complexity index is 758. The molecule has 2 atom stereocenters. The van der Waals surface area contributed by atoms with Crippen LogP contribution in [0.2, 0.25) is 0 Å². The fourth-order valence-corrected chi connectivity index (χ4v) is 3.78. The third-order valence-electron chi connectivity index (χ3n) is 4.94. The van der Waals surface area contributed by atoms with Crippen LogP contribution in [0.3, 0.4) is 0 Å². The lowest BCUT2D eigenvalue weighted by Crippen LogP contribution is -2.46. The monoisotopic (exact) mass is 382 g/mol. The molecule has 0 aromatic heterocycles. The second-order valence-electron chi connectivity index (χ2n) is 8.32. The van der Waals surface area contributed by atoms with Gasteiger partial charge in [0.05, 0.1) is 12.1 Å². The molecule has 2 aromatic rings. The molecule has 1 aliphatic heterocycles. The van der Waals surface area contributed by atoms with Crippen LogP contribution < -0.4 is 0 Å². The lowest BCUT2D eigenvalue weighted by molar-refractivity contribution is -0.152. The van der Waals surface area contributed by atoms with Crippen molar-refractivity contribution in [2.75, 3.05) is 6.54 Å². The molecule has 1 heterocycles. The van der Waals surface area contributed by atoms with Crippen LogP contribution in [0.25, 0.3) is 0 Å². The topological polar surface area (TPSA) is 53.0 Å². The van der Waals surface area contributed by atoms with Gasteiger partial charge in [-0.1, -0.05) is 60.7 Å². The highest BCUT2D eigenvalue weighted by Crippen LogP contribution is 2.35. The second-order valence-corrected chi connectivity index (χ2v) is 8.32. The van der Waals surface area contributed by atoms with Gasteiger partial charge in [0.2, 0.25) is 0 Å². The van der Waals surface area contributed by atoms with E-state index in [2.05, 4.69) is 0 Å². The van der Waals surface area contributed by atoms with Crippen LogP contribution in [0.4, 0.5) is 4.79 Å². The molecule has 5 nitrogen and oxygen atoms in total. The molecule has 28 heavy (non-hydrogen) atoms. The molecule has 0 bridgehead atoms. The number of carbonyl (C=O) groups is 1. The maximum Gasteiger partial charge on any atom is 0.410 e. The zero-order chi connectivity index (χ0) is 20.1. The number of likely N-dealkylation sites (tertiary alicyclic amines) is 1. The lowest BCUT2D eigenvalue weighted by atomic mass is 9.96. The molecule has 1 fully saturated rings. The zero-order valence-electron chi connectivity index (χ0n) is 16.9. The maximum absolute atomic E-state index is 12.8. The van der Waals surface area contributed by atoms with Crippen molar-refractivity contribution in [3.63, 3.8) is 0 Å². The Morgan fingerprint density at radius 2 is 1.75 bits per heavy atom. The summed E-state index contributed by atoms with van der Waals surface area (Å²) in [6.45, 7) is 6.65. The summed E-state index contributed by atoms with van der Waals surface area (Å²) in [5.41, 5.74) is 1.46. The molecule has 1 N–H and O–H groups in total. The van der Waals surface area contributed by atoms with Crippen molar-refractivity contribution in [3.05, 3.63) is 71.8 Å². The van der Waals surface area contributed by atoms with Gasteiger partial charge in [-0.25, -0.2) is 4.79 Å². The van der Waals surface area contributed by atoms with Gasteiger partial charge in [0.15, 0.2) is 0 Å². The van der Waals surface area contributed by atoms with Crippen LogP contribution in [0, 0.1) is 0 Å². The maximum atomic E-state index is 12.8. The van der Waals surface area contributed by atoms with E-state index in [1.165, 1.54) is 5.06 Å². The van der Waals surface area contributed by atoms with Gasteiger partial charge >= 0.3 is 6.09 Å². The number of carbonyl (C=O) groups excluding carboxylic acids is 1. The lowest BCUT2D eigenvalue weighted by Gasteiger charge is -2.37. The molecule has 1 saturated heterocycles. The van der Waals surface area contributed by atoms with E-state index in [1.54, 1.807) is 4.90 Å². The molecular weight excluding hydrogens is 352 g/mol. The normalized spacial score (nSPS) is 18.3. The first-order valence-electron chi connectivity index (χ1n) is 9.89. The highest BCUT2D eigenvalue weighted by Gasteiger charge is 2.40. The molecular formula is C23H30N2O3. The summed E-state index contributed by atoms with van der Waals surface area (Å²) in [5, 5.41) is 12.4. The summed E-state index contributed by atoms with van der Waals surface area (Å²) in [6, 6.07) is 19.3. The number of hydroxylamine groups is 2. The molecule has 0 radical (unpaired) electrons. The number of hydrogen-bond acceptors (Lipinski definition) is 4. The summed E-state index contributed by atoms with van der Waals surface area (Å²) >= 11 is 0. The predicted molar refractivity (Wildman–Crippen MR) is 109 cm³/mol. The first-order chi connectivity index (χ1) is 13.3. The van der Waals surface area contributed by atoms with Crippen LogP contribution in [-0.4, -0.2) is 39.5 Å². The average Bonchev–Trinajstić information content (AvgIpc) is 3.12. The minimum Gasteiger partial charge on any atom is -0.444 e. The van der Waals surface area contributed by atoms with E-state index in [1.807, 2.05) is 81.4 Å². The van der Waals surface area contributed by atoms with Crippen LogP contribution in [-0.2, 0) is 11.3 Å². The third kappa shape index (κ3) is 5.12. The Morgan fingerprint density at radius 3 is 2.36 bits per heavy atom. The third-order valence-corrected chi connectivity index (χ3v) is 4.94. The summed E-state index contributed by atoms with van der Waals surface area (Å²) < 4.78 is 5.62. The van der Waals surface area contributed by atoms with Crippen LogP contribution >= 0.6 is 0 Å². The highest BCUT2D eigenvalue weighted by atomic mass is 16.6. The number of benzene rings is 2. The first kappa shape index (κ1) is 20.4. The number of hydrogen-bond donors (Lipinski definition) is 1. The van der Waals surface area contributed by atoms with Crippen molar-refractivity contribution in [1.82, 2.24) is 9.96 Å². The summed E-state index contributed by atoms with van der Waals surface area (Å²) in [6.07, 6.45) is 1.40. The van der Waals surface area contributed by atoms with E-state index in [9.17, 15) is 10.0 Å². The van der Waals surface area contributed by atoms with E-state index < -0.39 is 5.60 Å². The highest BCUT2D eigenvalue weighted by molar-refractivity contribution is 5.69. The molecule has 1 aliphatic rings. The largest absolute Gasteiger partial charge is 0.444 e. The average molecular weight is 383 g/mol. The zero-order valence-corrected chi connectivity index (χ0v) is 16.9. The van der Waals surface area contributed by atoms with Gasteiger partial charge < -0.3 is 14.8 Å². The molecule has 0 aliphatic carbocycles. The Morgan fingerprint density at radius 1 is 1.14 bits per heavy atom. The molecule has 5 heteroatoms. The van der Waals surface area contributed by atoms with Crippen molar-refractivity contribution >= 4 is 6.09 Å². The van der Waals surface area contributed by atoms with Gasteiger partial charge in [-0.15, -0.1) is 0 Å². The van der Waals surface area contributed by atoms with Crippen molar-refractivity contribution in [1.29, 1.82) is 0 Å². The van der Waals surface area contributed by atoms with Gasteiger partial charge in [-0.05, 0) is 44.7 Å². The molecule has 0 spiro atoms. The molecule has 1 amide bonds. The fraction of sp³-hybridized carbons (Fsp3) is 0.435. The van der Waals surface area contributed by atoms with Gasteiger partial charge in [0, 0.05) is 13.1 Å². The Labute approximate surface area is 167 Å². The van der Waals surface area contributed by atoms with E-state index in [-0.39, 0.29) is 18.2 Å². The number of rotatable bonds is 5. The molecule has 3 rings (SSSR count). The number of amides is 1. The van der Waals surface area contributed by atoms with E-state index in [4.69, 9.17) is 4.74 Å². The number of ether oxygens (including phenoxy) is 1. The van der Waals surface area contributed by atoms with Crippen molar-refractivity contribution in [2.24, 2.45) is 0 Å².